The van der Waals surface area contributed by atoms with E-state index in [1.165, 1.54) is 29.2 Å². The molecule has 0 atom stereocenters. The number of imidazole rings is 1. The highest BCUT2D eigenvalue weighted by atomic mass is 16.6. The number of nitrogens with zero attached hydrogens (tertiary/aromatic N) is 5. The lowest BCUT2D eigenvalue weighted by molar-refractivity contribution is -0.159. The van der Waals surface area contributed by atoms with Crippen LogP contribution in [0.3, 0.4) is 0 Å². The summed E-state index contributed by atoms with van der Waals surface area (Å²) < 4.78 is 17.2. The Morgan fingerprint density at radius 1 is 0.929 bits per heavy atom. The van der Waals surface area contributed by atoms with Crippen molar-refractivity contribution in [2.45, 2.75) is 59.3 Å². The van der Waals surface area contributed by atoms with Crippen LogP contribution in [0.5, 0.6) is 5.75 Å². The smallest absolute Gasteiger partial charge is 0.407 e. The fraction of sp³-hybridized carbons (Fsp3) is 0.464. The van der Waals surface area contributed by atoms with Crippen molar-refractivity contribution in [2.24, 2.45) is 0 Å². The third-order valence-electron chi connectivity index (χ3n) is 5.43. The number of rotatable bonds is 10. The van der Waals surface area contributed by atoms with Crippen LogP contribution in [-0.4, -0.2) is 86.2 Å². The van der Waals surface area contributed by atoms with Gasteiger partial charge in [-0.05, 0) is 65.8 Å². The van der Waals surface area contributed by atoms with Gasteiger partial charge in [-0.15, -0.1) is 0 Å². The van der Waals surface area contributed by atoms with Crippen molar-refractivity contribution in [2.75, 3.05) is 32.1 Å². The van der Waals surface area contributed by atoms with Crippen molar-refractivity contribution in [1.29, 1.82) is 0 Å². The fourth-order valence-electron chi connectivity index (χ4n) is 3.68. The molecule has 0 aliphatic rings. The Bertz CT molecular complexity index is 1420. The maximum atomic E-state index is 13.4. The van der Waals surface area contributed by atoms with Crippen LogP contribution in [-0.2, 0) is 25.6 Å². The van der Waals surface area contributed by atoms with E-state index in [9.17, 15) is 19.2 Å². The average molecular weight is 584 g/mol. The maximum absolute atomic E-state index is 13.4. The van der Waals surface area contributed by atoms with Crippen LogP contribution in [0.1, 0.15) is 51.9 Å². The third kappa shape index (κ3) is 9.42. The Morgan fingerprint density at radius 3 is 2.21 bits per heavy atom. The lowest BCUT2D eigenvalue weighted by Crippen LogP contribution is -2.44. The van der Waals surface area contributed by atoms with Crippen LogP contribution in [0.25, 0.3) is 11.2 Å². The van der Waals surface area contributed by atoms with E-state index in [2.05, 4.69) is 25.6 Å². The van der Waals surface area contributed by atoms with Gasteiger partial charge in [0, 0.05) is 18.7 Å². The van der Waals surface area contributed by atoms with Gasteiger partial charge in [-0.25, -0.2) is 19.7 Å². The molecule has 0 saturated heterocycles. The van der Waals surface area contributed by atoms with E-state index in [1.54, 1.807) is 65.8 Å². The topological polar surface area (TPSA) is 167 Å². The first kappa shape index (κ1) is 31.8. The Kier molecular flexibility index (Phi) is 10.0. The minimum absolute atomic E-state index is 0.0160. The molecule has 3 aromatic rings. The second kappa shape index (κ2) is 13.3. The average Bonchev–Trinajstić information content (AvgIpc) is 3.29. The number of ether oxygens (including phenoxy) is 3. The van der Waals surface area contributed by atoms with E-state index in [-0.39, 0.29) is 37.5 Å². The minimum Gasteiger partial charge on any atom is -0.497 e. The first-order chi connectivity index (χ1) is 19.6. The van der Waals surface area contributed by atoms with E-state index in [0.717, 1.165) is 0 Å². The molecule has 0 spiro atoms. The van der Waals surface area contributed by atoms with E-state index in [4.69, 9.17) is 14.2 Å². The maximum Gasteiger partial charge on any atom is 0.407 e. The van der Waals surface area contributed by atoms with Gasteiger partial charge < -0.3 is 34.3 Å². The molecule has 14 nitrogen and oxygen atoms in total. The van der Waals surface area contributed by atoms with Crippen molar-refractivity contribution < 1.29 is 33.4 Å². The quantitative estimate of drug-likeness (QED) is 0.339. The number of carbonyl (C=O) groups is 4. The summed E-state index contributed by atoms with van der Waals surface area (Å²) in [6.07, 6.45) is 2.00. The van der Waals surface area contributed by atoms with Gasteiger partial charge in [-0.1, -0.05) is 0 Å². The predicted molar refractivity (Wildman–Crippen MR) is 153 cm³/mol. The van der Waals surface area contributed by atoms with Gasteiger partial charge >= 0.3 is 12.1 Å². The summed E-state index contributed by atoms with van der Waals surface area (Å²) in [5.74, 6) is -0.688. The van der Waals surface area contributed by atoms with Gasteiger partial charge in [-0.2, -0.15) is 0 Å². The fourth-order valence-corrected chi connectivity index (χ4v) is 3.68. The molecule has 0 radical (unpaired) electrons. The highest BCUT2D eigenvalue weighted by Gasteiger charge is 2.24. The van der Waals surface area contributed by atoms with Gasteiger partial charge in [-0.3, -0.25) is 14.4 Å². The number of alkyl carbamates (subject to hydrolysis) is 1. The first-order valence-electron chi connectivity index (χ1n) is 13.2. The number of fused-ring (bicyclic) bond motifs is 1. The molecule has 0 aliphatic carbocycles. The van der Waals surface area contributed by atoms with Crippen molar-refractivity contribution in [1.82, 2.24) is 29.7 Å². The van der Waals surface area contributed by atoms with Gasteiger partial charge in [0.1, 0.15) is 36.4 Å². The molecule has 3 amide bonds. The summed E-state index contributed by atoms with van der Waals surface area (Å²) in [5.41, 5.74) is -0.474. The van der Waals surface area contributed by atoms with Crippen LogP contribution < -0.4 is 15.4 Å². The molecule has 14 heteroatoms. The molecule has 0 unspecified atom stereocenters. The van der Waals surface area contributed by atoms with E-state index < -0.39 is 35.1 Å². The van der Waals surface area contributed by atoms with Crippen molar-refractivity contribution in [3.8, 4) is 5.75 Å². The van der Waals surface area contributed by atoms with Crippen LogP contribution in [0.4, 0.5) is 10.6 Å². The van der Waals surface area contributed by atoms with E-state index >= 15 is 0 Å². The summed E-state index contributed by atoms with van der Waals surface area (Å²) >= 11 is 0. The van der Waals surface area contributed by atoms with Crippen LogP contribution in [0.2, 0.25) is 0 Å². The second-order valence-electron chi connectivity index (χ2n) is 11.3. The van der Waals surface area contributed by atoms with Gasteiger partial charge in [0.2, 0.25) is 5.91 Å². The highest BCUT2D eigenvalue weighted by molar-refractivity contribution is 6.06. The molecule has 2 heterocycles. The van der Waals surface area contributed by atoms with Crippen LogP contribution in [0.15, 0.2) is 36.9 Å². The Morgan fingerprint density at radius 2 is 1.60 bits per heavy atom. The number of methoxy groups -OCH3 is 1. The highest BCUT2D eigenvalue weighted by Crippen LogP contribution is 2.19. The number of hydrogen-bond acceptors (Lipinski definition) is 10. The van der Waals surface area contributed by atoms with Crippen molar-refractivity contribution >= 4 is 40.9 Å². The molecule has 2 N–H and O–H groups in total. The summed E-state index contributed by atoms with van der Waals surface area (Å²) in [5, 5.41) is 5.30. The number of hydrogen-bond donors (Lipinski definition) is 2. The lowest BCUT2D eigenvalue weighted by atomic mass is 10.2. The lowest BCUT2D eigenvalue weighted by Gasteiger charge is -2.26. The monoisotopic (exact) mass is 583 g/mol. The van der Waals surface area contributed by atoms with Crippen molar-refractivity contribution in [3.05, 3.63) is 42.5 Å². The van der Waals surface area contributed by atoms with Gasteiger partial charge in [0.15, 0.2) is 17.0 Å². The van der Waals surface area contributed by atoms with Crippen molar-refractivity contribution in [3.63, 3.8) is 0 Å². The Hall–Kier alpha value is -4.75. The van der Waals surface area contributed by atoms with Crippen LogP contribution in [0, 0.1) is 0 Å². The molecule has 0 aliphatic heterocycles. The number of amides is 3. The standard InChI is InChI=1S/C28H37N7O7/c1-27(2,3)41-21(37)15-34(13-12-29-26(39)42-28(4,5)6)20(36)14-35-17-32-22-23(30-16-31-24(22)35)33-25(38)18-8-10-19(40-7)11-9-18/h8-11,16-17H,12-15H2,1-7H3,(H,29,39)(H,30,31,33,38). The summed E-state index contributed by atoms with van der Waals surface area (Å²) in [7, 11) is 1.53. The first-order valence-corrected chi connectivity index (χ1v) is 13.2. The molecule has 226 valence electrons. The Labute approximate surface area is 243 Å². The Balaban J connectivity index is 1.74. The summed E-state index contributed by atoms with van der Waals surface area (Å²) in [6.45, 7) is 9.88. The van der Waals surface area contributed by atoms with Gasteiger partial charge in [0.25, 0.3) is 5.91 Å². The number of esters is 1. The largest absolute Gasteiger partial charge is 0.497 e. The molecule has 3 rings (SSSR count). The molecule has 42 heavy (non-hydrogen) atoms. The zero-order chi connectivity index (χ0) is 31.1. The van der Waals surface area contributed by atoms with Crippen LogP contribution >= 0.6 is 0 Å². The SMILES string of the molecule is COc1ccc(C(=O)Nc2ncnc3c2ncn3CC(=O)N(CCNC(=O)OC(C)(C)C)CC(=O)OC(C)(C)C)cc1. The summed E-state index contributed by atoms with van der Waals surface area (Å²) in [6, 6.07) is 6.55. The molecule has 1 aromatic carbocycles. The number of carbonyl (C=O) groups excluding carboxylic acids is 4. The molecule has 0 saturated carbocycles. The predicted octanol–water partition coefficient (Wildman–Crippen LogP) is 2.78. The molecular formula is C28H37N7O7. The second-order valence-corrected chi connectivity index (χ2v) is 11.3. The third-order valence-corrected chi connectivity index (χ3v) is 5.43. The molecule has 2 aromatic heterocycles. The molecular weight excluding hydrogens is 546 g/mol. The van der Waals surface area contributed by atoms with Gasteiger partial charge in [0.05, 0.1) is 13.4 Å². The number of anilines is 1. The number of nitrogens with one attached hydrogen (secondary N) is 2. The molecule has 0 bridgehead atoms. The number of benzene rings is 1. The normalized spacial score (nSPS) is 11.5. The number of aromatic nitrogens is 4. The zero-order valence-electron chi connectivity index (χ0n) is 24.9. The molecule has 0 fully saturated rings. The summed E-state index contributed by atoms with van der Waals surface area (Å²) in [4.78, 5) is 64.7. The van der Waals surface area contributed by atoms with E-state index in [0.29, 0.717) is 17.0 Å². The minimum atomic E-state index is -0.745. The van der Waals surface area contributed by atoms with E-state index in [1.807, 2.05) is 0 Å². The zero-order valence-corrected chi connectivity index (χ0v) is 24.9.